The van der Waals surface area contributed by atoms with Gasteiger partial charge in [0.25, 0.3) is 0 Å². The first-order chi connectivity index (χ1) is 7.91. The van der Waals surface area contributed by atoms with Crippen LogP contribution in [0.4, 0.5) is 4.39 Å². The van der Waals surface area contributed by atoms with Crippen molar-refractivity contribution in [3.05, 3.63) is 35.6 Å². The number of hydrogen-bond donors (Lipinski definition) is 2. The molecule has 94 valence electrons. The van der Waals surface area contributed by atoms with E-state index in [1.165, 1.54) is 25.1 Å². The van der Waals surface area contributed by atoms with Gasteiger partial charge in [-0.3, -0.25) is 0 Å². The summed E-state index contributed by atoms with van der Waals surface area (Å²) < 4.78 is 18.2. The first-order valence-corrected chi connectivity index (χ1v) is 5.23. The number of carboxylic acids is 1. The summed E-state index contributed by atoms with van der Waals surface area (Å²) in [6.45, 7) is 3.05. The van der Waals surface area contributed by atoms with Gasteiger partial charge in [-0.15, -0.1) is 0 Å². The van der Waals surface area contributed by atoms with Crippen LogP contribution in [0.1, 0.15) is 25.5 Å². The van der Waals surface area contributed by atoms with Crippen molar-refractivity contribution in [1.29, 1.82) is 0 Å². The molecule has 1 rings (SSSR count). The molecule has 1 aromatic rings. The highest BCUT2D eigenvalue weighted by Crippen LogP contribution is 2.21. The van der Waals surface area contributed by atoms with Gasteiger partial charge in [-0.05, 0) is 31.5 Å². The van der Waals surface area contributed by atoms with Crippen molar-refractivity contribution in [1.82, 2.24) is 0 Å². The molecule has 0 saturated carbocycles. The van der Waals surface area contributed by atoms with Crippen LogP contribution in [0.5, 0.6) is 0 Å². The largest absolute Gasteiger partial charge is 0.479 e. The lowest BCUT2D eigenvalue weighted by atomic mass is 10.1. The molecule has 0 aliphatic heterocycles. The molecule has 1 aromatic carbocycles. The normalized spacial score (nSPS) is 16.2. The zero-order valence-corrected chi connectivity index (χ0v) is 9.63. The highest BCUT2D eigenvalue weighted by Gasteiger charge is 2.25. The molecule has 0 amide bonds. The van der Waals surface area contributed by atoms with Gasteiger partial charge in [-0.25, -0.2) is 9.18 Å². The molecule has 3 unspecified atom stereocenters. The lowest BCUT2D eigenvalue weighted by Gasteiger charge is -2.21. The summed E-state index contributed by atoms with van der Waals surface area (Å²) in [7, 11) is 0. The van der Waals surface area contributed by atoms with E-state index in [1.54, 1.807) is 6.92 Å². The van der Waals surface area contributed by atoms with E-state index in [2.05, 4.69) is 0 Å². The van der Waals surface area contributed by atoms with Gasteiger partial charge >= 0.3 is 5.97 Å². The molecule has 0 bridgehead atoms. The molecule has 0 heterocycles. The maximum Gasteiger partial charge on any atom is 0.337 e. The minimum absolute atomic E-state index is 0.213. The van der Waals surface area contributed by atoms with Gasteiger partial charge in [0, 0.05) is 0 Å². The summed E-state index contributed by atoms with van der Waals surface area (Å²) >= 11 is 0. The maximum atomic E-state index is 13.0. The van der Waals surface area contributed by atoms with Gasteiger partial charge < -0.3 is 14.9 Å². The lowest BCUT2D eigenvalue weighted by Crippen LogP contribution is -2.28. The van der Waals surface area contributed by atoms with E-state index in [-0.39, 0.29) is 5.56 Å². The molecule has 0 saturated heterocycles. The molecule has 5 heteroatoms. The molecule has 4 nitrogen and oxygen atoms in total. The molecule has 0 radical (unpaired) electrons. The van der Waals surface area contributed by atoms with Crippen molar-refractivity contribution < 1.29 is 24.1 Å². The van der Waals surface area contributed by atoms with Gasteiger partial charge in [0.05, 0.1) is 12.2 Å². The first-order valence-electron chi connectivity index (χ1n) is 5.23. The molecular formula is C12H15FO4. The van der Waals surface area contributed by atoms with Crippen molar-refractivity contribution in [2.45, 2.75) is 32.2 Å². The zero-order valence-electron chi connectivity index (χ0n) is 9.63. The van der Waals surface area contributed by atoms with Crippen LogP contribution in [0.25, 0.3) is 0 Å². The number of halogens is 1. The number of aliphatic hydroxyl groups is 1. The van der Waals surface area contributed by atoms with Crippen LogP contribution in [-0.4, -0.2) is 28.4 Å². The fraction of sp³-hybridized carbons (Fsp3) is 0.417. The van der Waals surface area contributed by atoms with Gasteiger partial charge in [0.1, 0.15) is 5.82 Å². The number of ether oxygens (including phenoxy) is 1. The molecule has 0 aliphatic carbocycles. The van der Waals surface area contributed by atoms with Crippen molar-refractivity contribution >= 4 is 5.97 Å². The van der Waals surface area contributed by atoms with Crippen molar-refractivity contribution in [3.8, 4) is 0 Å². The number of benzene rings is 1. The Morgan fingerprint density at radius 2 is 2.06 bits per heavy atom. The van der Waals surface area contributed by atoms with Crippen LogP contribution in [0, 0.1) is 5.82 Å². The molecule has 3 atom stereocenters. The van der Waals surface area contributed by atoms with Gasteiger partial charge in [-0.2, -0.15) is 0 Å². The maximum absolute atomic E-state index is 13.0. The van der Waals surface area contributed by atoms with Crippen LogP contribution >= 0.6 is 0 Å². The highest BCUT2D eigenvalue weighted by molar-refractivity contribution is 5.74. The Balaban J connectivity index is 2.90. The van der Waals surface area contributed by atoms with Crippen molar-refractivity contribution in [2.75, 3.05) is 0 Å². The first kappa shape index (κ1) is 13.6. The monoisotopic (exact) mass is 242 g/mol. The molecule has 17 heavy (non-hydrogen) atoms. The van der Waals surface area contributed by atoms with Crippen LogP contribution in [-0.2, 0) is 9.53 Å². The molecule has 0 spiro atoms. The minimum Gasteiger partial charge on any atom is -0.479 e. The summed E-state index contributed by atoms with van der Waals surface area (Å²) in [6.07, 6.45) is -2.74. The van der Waals surface area contributed by atoms with E-state index in [4.69, 9.17) is 9.84 Å². The van der Waals surface area contributed by atoms with E-state index in [9.17, 15) is 14.3 Å². The van der Waals surface area contributed by atoms with Crippen LogP contribution in [0.3, 0.4) is 0 Å². The fourth-order valence-corrected chi connectivity index (χ4v) is 1.28. The van der Waals surface area contributed by atoms with Crippen molar-refractivity contribution in [3.63, 3.8) is 0 Å². The minimum atomic E-state index is -1.28. The van der Waals surface area contributed by atoms with Crippen molar-refractivity contribution in [2.24, 2.45) is 0 Å². The number of carboxylic acid groups (broad SMARTS) is 1. The SMILES string of the molecule is CC(O)C(C)OC(C(=O)O)c1cccc(F)c1. The quantitative estimate of drug-likeness (QED) is 0.825. The fourth-order valence-electron chi connectivity index (χ4n) is 1.28. The summed E-state index contributed by atoms with van der Waals surface area (Å²) in [6, 6.07) is 5.21. The predicted molar refractivity (Wildman–Crippen MR) is 59.0 cm³/mol. The zero-order chi connectivity index (χ0) is 13.0. The second-order valence-electron chi connectivity index (χ2n) is 3.86. The summed E-state index contributed by atoms with van der Waals surface area (Å²) in [5.41, 5.74) is 0.213. The number of carbonyl (C=O) groups is 1. The molecule has 0 aliphatic rings. The predicted octanol–water partition coefficient (Wildman–Crippen LogP) is 1.74. The second-order valence-corrected chi connectivity index (χ2v) is 3.86. The molecule has 0 aromatic heterocycles. The Morgan fingerprint density at radius 3 is 2.53 bits per heavy atom. The van der Waals surface area contributed by atoms with Crippen LogP contribution < -0.4 is 0 Å². The summed E-state index contributed by atoms with van der Waals surface area (Å²) in [5, 5.41) is 18.3. The summed E-state index contributed by atoms with van der Waals surface area (Å²) in [5.74, 6) is -1.75. The van der Waals surface area contributed by atoms with E-state index >= 15 is 0 Å². The third-order valence-corrected chi connectivity index (χ3v) is 2.41. The van der Waals surface area contributed by atoms with Crippen LogP contribution in [0.15, 0.2) is 24.3 Å². The summed E-state index contributed by atoms with van der Waals surface area (Å²) in [4.78, 5) is 11.0. The Morgan fingerprint density at radius 1 is 1.41 bits per heavy atom. The van der Waals surface area contributed by atoms with E-state index in [0.29, 0.717) is 0 Å². The molecular weight excluding hydrogens is 227 g/mol. The standard InChI is InChI=1S/C12H15FO4/c1-7(14)8(2)17-11(12(15)16)9-4-3-5-10(13)6-9/h3-8,11,14H,1-2H3,(H,15,16). The average molecular weight is 242 g/mol. The number of aliphatic carboxylic acids is 1. The third-order valence-electron chi connectivity index (χ3n) is 2.41. The van der Waals surface area contributed by atoms with E-state index < -0.39 is 30.1 Å². The Kier molecular flexibility index (Phi) is 4.60. The van der Waals surface area contributed by atoms with Gasteiger partial charge in [-0.1, -0.05) is 12.1 Å². The smallest absolute Gasteiger partial charge is 0.337 e. The Labute approximate surface area is 98.7 Å². The number of aliphatic hydroxyl groups excluding tert-OH is 1. The van der Waals surface area contributed by atoms with Gasteiger partial charge in [0.2, 0.25) is 0 Å². The third kappa shape index (κ3) is 3.80. The number of rotatable bonds is 5. The Bertz CT molecular complexity index is 392. The number of hydrogen-bond acceptors (Lipinski definition) is 3. The molecule has 2 N–H and O–H groups in total. The van der Waals surface area contributed by atoms with Crippen LogP contribution in [0.2, 0.25) is 0 Å². The lowest BCUT2D eigenvalue weighted by molar-refractivity contribution is -0.158. The average Bonchev–Trinajstić information content (AvgIpc) is 2.24. The Hall–Kier alpha value is -1.46. The van der Waals surface area contributed by atoms with E-state index in [1.807, 2.05) is 0 Å². The highest BCUT2D eigenvalue weighted by atomic mass is 19.1. The van der Waals surface area contributed by atoms with Gasteiger partial charge in [0.15, 0.2) is 6.10 Å². The molecule has 0 fully saturated rings. The topological polar surface area (TPSA) is 66.8 Å². The van der Waals surface area contributed by atoms with E-state index in [0.717, 1.165) is 6.07 Å². The second kappa shape index (κ2) is 5.75.